The molecule has 2 fully saturated rings. The Morgan fingerprint density at radius 2 is 1.89 bits per heavy atom. The van der Waals surface area contributed by atoms with E-state index in [2.05, 4.69) is 27.0 Å². The summed E-state index contributed by atoms with van der Waals surface area (Å²) in [5.74, 6) is 1.81. The van der Waals surface area contributed by atoms with Gasteiger partial charge < -0.3 is 24.3 Å². The summed E-state index contributed by atoms with van der Waals surface area (Å²) in [6.45, 7) is 10.8. The Labute approximate surface area is 161 Å². The number of hydrogen-bond acceptors (Lipinski definition) is 5. The summed E-state index contributed by atoms with van der Waals surface area (Å²) in [6, 6.07) is 3.46. The van der Waals surface area contributed by atoms with Crippen LogP contribution < -0.4 is 5.32 Å². The Morgan fingerprint density at radius 1 is 1.19 bits per heavy atom. The first-order valence-corrected chi connectivity index (χ1v) is 9.76. The highest BCUT2D eigenvalue weighted by atomic mass is 16.5. The number of carbonyl (C=O) groups excluding carboxylic acids is 1. The average molecular weight is 377 g/mol. The Bertz CT molecular complexity index is 605. The predicted octanol–water partition coefficient (Wildman–Crippen LogP) is 0.581. The summed E-state index contributed by atoms with van der Waals surface area (Å²) in [5.41, 5.74) is 0. The van der Waals surface area contributed by atoms with Gasteiger partial charge in [-0.05, 0) is 18.1 Å². The molecule has 0 aliphatic carbocycles. The van der Waals surface area contributed by atoms with Crippen LogP contribution in [0.5, 0.6) is 0 Å². The molecule has 0 bridgehead atoms. The number of piperazine rings is 1. The van der Waals surface area contributed by atoms with Gasteiger partial charge in [0.15, 0.2) is 11.7 Å². The minimum atomic E-state index is -0.0401. The number of morpholine rings is 1. The lowest BCUT2D eigenvalue weighted by atomic mass is 10.1. The number of furan rings is 1. The molecule has 0 spiro atoms. The van der Waals surface area contributed by atoms with Gasteiger partial charge in [0.1, 0.15) is 0 Å². The van der Waals surface area contributed by atoms with Gasteiger partial charge in [-0.25, -0.2) is 0 Å². The molecule has 2 aliphatic heterocycles. The van der Waals surface area contributed by atoms with E-state index in [1.807, 2.05) is 11.9 Å². The van der Waals surface area contributed by atoms with Gasteiger partial charge in [-0.1, -0.05) is 6.92 Å². The number of ether oxygens (including phenoxy) is 1. The van der Waals surface area contributed by atoms with Crippen molar-refractivity contribution in [3.63, 3.8) is 0 Å². The summed E-state index contributed by atoms with van der Waals surface area (Å²) in [5, 5.41) is 3.50. The van der Waals surface area contributed by atoms with Crippen LogP contribution >= 0.6 is 0 Å². The quantitative estimate of drug-likeness (QED) is 0.598. The molecular weight excluding hydrogens is 346 g/mol. The van der Waals surface area contributed by atoms with Crippen molar-refractivity contribution < 1.29 is 13.9 Å². The SMILES string of the molecule is CN=C(NCC(C)CN1CCOCC1)N1CCN(C(=O)c2ccco2)CC1. The van der Waals surface area contributed by atoms with E-state index in [4.69, 9.17) is 9.15 Å². The van der Waals surface area contributed by atoms with E-state index in [0.717, 1.165) is 58.4 Å². The molecular formula is C19H31N5O3. The number of nitrogens with zero attached hydrogens (tertiary/aromatic N) is 4. The van der Waals surface area contributed by atoms with Crippen molar-refractivity contribution >= 4 is 11.9 Å². The van der Waals surface area contributed by atoms with Gasteiger partial charge in [0.05, 0.1) is 19.5 Å². The van der Waals surface area contributed by atoms with Crippen LogP contribution in [-0.4, -0.2) is 99.2 Å². The molecule has 2 aliphatic rings. The van der Waals surface area contributed by atoms with Crippen molar-refractivity contribution in [2.24, 2.45) is 10.9 Å². The van der Waals surface area contributed by atoms with Gasteiger partial charge in [0.25, 0.3) is 5.91 Å². The van der Waals surface area contributed by atoms with E-state index in [-0.39, 0.29) is 5.91 Å². The molecule has 1 unspecified atom stereocenters. The predicted molar refractivity (Wildman–Crippen MR) is 104 cm³/mol. The van der Waals surface area contributed by atoms with Crippen LogP contribution in [0.4, 0.5) is 0 Å². The van der Waals surface area contributed by atoms with Crippen LogP contribution in [0.3, 0.4) is 0 Å². The molecule has 3 rings (SSSR count). The Hall–Kier alpha value is -2.06. The molecule has 27 heavy (non-hydrogen) atoms. The molecule has 1 N–H and O–H groups in total. The van der Waals surface area contributed by atoms with E-state index >= 15 is 0 Å². The van der Waals surface area contributed by atoms with E-state index < -0.39 is 0 Å². The van der Waals surface area contributed by atoms with Gasteiger partial charge in [-0.3, -0.25) is 14.7 Å². The highest BCUT2D eigenvalue weighted by Gasteiger charge is 2.25. The van der Waals surface area contributed by atoms with Gasteiger partial charge >= 0.3 is 0 Å². The lowest BCUT2D eigenvalue weighted by molar-refractivity contribution is 0.0320. The Balaban J connectivity index is 1.41. The summed E-state index contributed by atoms with van der Waals surface area (Å²) >= 11 is 0. The second-order valence-electron chi connectivity index (χ2n) is 7.20. The largest absolute Gasteiger partial charge is 0.459 e. The van der Waals surface area contributed by atoms with E-state index in [1.165, 1.54) is 6.26 Å². The molecule has 0 radical (unpaired) electrons. The highest BCUT2D eigenvalue weighted by molar-refractivity contribution is 5.91. The van der Waals surface area contributed by atoms with Gasteiger partial charge in [-0.2, -0.15) is 0 Å². The van der Waals surface area contributed by atoms with Crippen LogP contribution in [0.2, 0.25) is 0 Å². The van der Waals surface area contributed by atoms with Crippen LogP contribution in [0.15, 0.2) is 27.8 Å². The summed E-state index contributed by atoms with van der Waals surface area (Å²) < 4.78 is 10.6. The third-order valence-electron chi connectivity index (χ3n) is 5.09. The summed E-state index contributed by atoms with van der Waals surface area (Å²) in [4.78, 5) is 23.3. The topological polar surface area (TPSA) is 73.6 Å². The maximum Gasteiger partial charge on any atom is 0.289 e. The average Bonchev–Trinajstić information content (AvgIpc) is 3.24. The fourth-order valence-corrected chi connectivity index (χ4v) is 3.56. The second kappa shape index (κ2) is 9.75. The number of rotatable bonds is 5. The molecule has 0 aromatic carbocycles. The minimum Gasteiger partial charge on any atom is -0.459 e. The fourth-order valence-electron chi connectivity index (χ4n) is 3.56. The second-order valence-corrected chi connectivity index (χ2v) is 7.20. The van der Waals surface area contributed by atoms with Crippen molar-refractivity contribution in [3.8, 4) is 0 Å². The number of hydrogen-bond donors (Lipinski definition) is 1. The molecule has 1 aromatic rings. The van der Waals surface area contributed by atoms with Crippen LogP contribution in [0.25, 0.3) is 0 Å². The maximum atomic E-state index is 12.4. The standard InChI is InChI=1S/C19H31N5O3/c1-16(15-22-9-12-26-13-10-22)14-21-19(20-2)24-7-5-23(6-8-24)18(25)17-4-3-11-27-17/h3-4,11,16H,5-10,12-15H2,1-2H3,(H,20,21). The number of carbonyl (C=O) groups is 1. The molecule has 150 valence electrons. The number of aliphatic imine (C=N–C) groups is 1. The molecule has 1 amide bonds. The third kappa shape index (κ3) is 5.46. The molecule has 8 heteroatoms. The molecule has 1 aromatic heterocycles. The lowest BCUT2D eigenvalue weighted by Crippen LogP contribution is -2.54. The van der Waals surface area contributed by atoms with Crippen molar-refractivity contribution in [3.05, 3.63) is 24.2 Å². The summed E-state index contributed by atoms with van der Waals surface area (Å²) in [6.07, 6.45) is 1.54. The van der Waals surface area contributed by atoms with Crippen LogP contribution in [-0.2, 0) is 4.74 Å². The molecule has 2 saturated heterocycles. The zero-order chi connectivity index (χ0) is 19.1. The molecule has 1 atom stereocenters. The first-order valence-electron chi connectivity index (χ1n) is 9.76. The third-order valence-corrected chi connectivity index (χ3v) is 5.09. The number of nitrogens with one attached hydrogen (secondary N) is 1. The van der Waals surface area contributed by atoms with Crippen molar-refractivity contribution in [1.82, 2.24) is 20.0 Å². The van der Waals surface area contributed by atoms with Gasteiger partial charge in [0.2, 0.25) is 0 Å². The molecule has 3 heterocycles. The minimum absolute atomic E-state index is 0.0401. The van der Waals surface area contributed by atoms with Crippen molar-refractivity contribution in [2.75, 3.05) is 72.6 Å². The van der Waals surface area contributed by atoms with E-state index in [0.29, 0.717) is 24.8 Å². The maximum absolute atomic E-state index is 12.4. The van der Waals surface area contributed by atoms with Gasteiger partial charge in [0, 0.05) is 59.4 Å². The molecule has 0 saturated carbocycles. The number of amides is 1. The Morgan fingerprint density at radius 3 is 2.52 bits per heavy atom. The van der Waals surface area contributed by atoms with Crippen LogP contribution in [0.1, 0.15) is 17.5 Å². The van der Waals surface area contributed by atoms with Crippen molar-refractivity contribution in [1.29, 1.82) is 0 Å². The zero-order valence-corrected chi connectivity index (χ0v) is 16.4. The smallest absolute Gasteiger partial charge is 0.289 e. The first kappa shape index (κ1) is 19.7. The van der Waals surface area contributed by atoms with Gasteiger partial charge in [-0.15, -0.1) is 0 Å². The Kier molecular flexibility index (Phi) is 7.11. The normalized spacial score (nSPS) is 20.6. The summed E-state index contributed by atoms with van der Waals surface area (Å²) in [7, 11) is 1.81. The lowest BCUT2D eigenvalue weighted by Gasteiger charge is -2.36. The fraction of sp³-hybridized carbons (Fsp3) is 0.684. The van der Waals surface area contributed by atoms with Crippen LogP contribution in [0, 0.1) is 5.92 Å². The molecule has 8 nitrogen and oxygen atoms in total. The first-order chi connectivity index (χ1) is 13.2. The van der Waals surface area contributed by atoms with E-state index in [1.54, 1.807) is 12.1 Å². The van der Waals surface area contributed by atoms with Crippen molar-refractivity contribution in [2.45, 2.75) is 6.92 Å². The van der Waals surface area contributed by atoms with E-state index in [9.17, 15) is 4.79 Å². The zero-order valence-electron chi connectivity index (χ0n) is 16.4. The highest BCUT2D eigenvalue weighted by Crippen LogP contribution is 2.10. The monoisotopic (exact) mass is 377 g/mol. The number of guanidine groups is 1.